The molecule has 0 aromatic rings. The number of carbonyl (C=O) groups is 3. The van der Waals surface area contributed by atoms with Gasteiger partial charge in [0.15, 0.2) is 6.10 Å². The molecule has 2 atom stereocenters. The van der Waals surface area contributed by atoms with Crippen LogP contribution >= 0.6 is 0 Å². The van der Waals surface area contributed by atoms with Crippen molar-refractivity contribution in [1.82, 2.24) is 5.32 Å². The molecular formula is C15H25NO8S. The molecule has 0 aliphatic carbocycles. The van der Waals surface area contributed by atoms with E-state index < -0.39 is 39.7 Å². The van der Waals surface area contributed by atoms with Crippen molar-refractivity contribution in [2.75, 3.05) is 18.9 Å². The molecule has 1 unspecified atom stereocenters. The van der Waals surface area contributed by atoms with Crippen molar-refractivity contribution in [3.8, 4) is 0 Å². The molecule has 0 spiro atoms. The molecule has 0 radical (unpaired) electrons. The summed E-state index contributed by atoms with van der Waals surface area (Å²) in [7, 11) is -3.84. The third-order valence-corrected chi connectivity index (χ3v) is 4.87. The lowest BCUT2D eigenvalue weighted by atomic mass is 9.87. The first kappa shape index (κ1) is 21.4. The summed E-state index contributed by atoms with van der Waals surface area (Å²) in [5.74, 6) is -1.90. The summed E-state index contributed by atoms with van der Waals surface area (Å²) in [5.41, 5.74) is -1.09. The molecule has 0 bridgehead atoms. The van der Waals surface area contributed by atoms with Gasteiger partial charge in [-0.05, 0) is 12.8 Å². The lowest BCUT2D eigenvalue weighted by Gasteiger charge is -2.36. The second-order valence-corrected chi connectivity index (χ2v) is 8.26. The number of ether oxygens (including phenoxy) is 2. The van der Waals surface area contributed by atoms with Gasteiger partial charge in [-0.3, -0.25) is 8.98 Å². The first-order chi connectivity index (χ1) is 11.5. The summed E-state index contributed by atoms with van der Waals surface area (Å²) in [5, 5.41) is 2.48. The highest BCUT2D eigenvalue weighted by Gasteiger charge is 2.46. The SMILES string of the molecule is CCC1OC(=O)[C@@H](C(C)(C)COS(=O)(=O)CCCNC(C)=O)OC1=O. The van der Waals surface area contributed by atoms with E-state index in [9.17, 15) is 22.8 Å². The Labute approximate surface area is 147 Å². The van der Waals surface area contributed by atoms with Crippen LogP contribution in [0.5, 0.6) is 0 Å². The van der Waals surface area contributed by atoms with Gasteiger partial charge < -0.3 is 14.8 Å². The molecule has 1 saturated heterocycles. The average molecular weight is 379 g/mol. The first-order valence-corrected chi connectivity index (χ1v) is 9.59. The Morgan fingerprint density at radius 2 is 1.88 bits per heavy atom. The van der Waals surface area contributed by atoms with E-state index in [0.717, 1.165) is 0 Å². The Balaban J connectivity index is 2.58. The van der Waals surface area contributed by atoms with Crippen LogP contribution in [0.4, 0.5) is 0 Å². The second kappa shape index (κ2) is 8.61. The number of cyclic esters (lactones) is 2. The maximum Gasteiger partial charge on any atom is 0.348 e. The number of nitrogens with one attached hydrogen (secondary N) is 1. The highest BCUT2D eigenvalue weighted by Crippen LogP contribution is 2.29. The fourth-order valence-corrected chi connectivity index (χ4v) is 3.21. The molecule has 25 heavy (non-hydrogen) atoms. The number of esters is 2. The van der Waals surface area contributed by atoms with Crippen molar-refractivity contribution in [3.05, 3.63) is 0 Å². The van der Waals surface area contributed by atoms with Gasteiger partial charge in [-0.15, -0.1) is 0 Å². The van der Waals surface area contributed by atoms with Gasteiger partial charge in [0.1, 0.15) is 0 Å². The standard InChI is InChI=1S/C15H25NO8S/c1-5-11-13(18)24-12(14(19)23-11)15(3,4)9-22-25(20,21)8-6-7-16-10(2)17/h11-12H,5-9H2,1-4H3,(H,16,17)/t11?,12-/m0/s1. The van der Waals surface area contributed by atoms with Gasteiger partial charge in [-0.1, -0.05) is 20.8 Å². The first-order valence-electron chi connectivity index (χ1n) is 8.01. The van der Waals surface area contributed by atoms with E-state index in [0.29, 0.717) is 6.42 Å². The van der Waals surface area contributed by atoms with Crippen LogP contribution < -0.4 is 5.32 Å². The van der Waals surface area contributed by atoms with E-state index in [1.165, 1.54) is 6.92 Å². The Hall–Kier alpha value is -1.68. The normalized spacial score (nSPS) is 21.4. The fraction of sp³-hybridized carbons (Fsp3) is 0.800. The molecule has 1 amide bonds. The summed E-state index contributed by atoms with van der Waals surface area (Å²) >= 11 is 0. The van der Waals surface area contributed by atoms with Gasteiger partial charge in [0, 0.05) is 18.9 Å². The van der Waals surface area contributed by atoms with Gasteiger partial charge in [0.25, 0.3) is 10.1 Å². The second-order valence-electron chi connectivity index (χ2n) is 6.50. The van der Waals surface area contributed by atoms with Gasteiger partial charge in [0.2, 0.25) is 12.0 Å². The monoisotopic (exact) mass is 379 g/mol. The average Bonchev–Trinajstić information content (AvgIpc) is 2.51. The number of hydrogen-bond acceptors (Lipinski definition) is 8. The number of amides is 1. The van der Waals surface area contributed by atoms with Crippen LogP contribution in [0.25, 0.3) is 0 Å². The third-order valence-electron chi connectivity index (χ3n) is 3.61. The molecule has 9 nitrogen and oxygen atoms in total. The lowest BCUT2D eigenvalue weighted by molar-refractivity contribution is -0.205. The maximum absolute atomic E-state index is 12.0. The highest BCUT2D eigenvalue weighted by molar-refractivity contribution is 7.86. The Bertz CT molecular complexity index is 613. The molecule has 1 N–H and O–H groups in total. The molecule has 10 heteroatoms. The molecule has 1 fully saturated rings. The van der Waals surface area contributed by atoms with Gasteiger partial charge >= 0.3 is 11.9 Å². The minimum absolute atomic E-state index is 0.195. The third kappa shape index (κ3) is 6.62. The van der Waals surface area contributed by atoms with E-state index in [2.05, 4.69) is 5.32 Å². The number of hydrogen-bond donors (Lipinski definition) is 1. The van der Waals surface area contributed by atoms with Crippen LogP contribution in [0.3, 0.4) is 0 Å². The molecule has 144 valence electrons. The molecule has 1 heterocycles. The molecule has 1 aliphatic rings. The quantitative estimate of drug-likeness (QED) is 0.340. The number of rotatable bonds is 9. The van der Waals surface area contributed by atoms with Crippen LogP contribution in [0.1, 0.15) is 40.5 Å². The summed E-state index contributed by atoms with van der Waals surface area (Å²) in [4.78, 5) is 34.5. The minimum atomic E-state index is -3.84. The fourth-order valence-electron chi connectivity index (χ4n) is 2.11. The van der Waals surface area contributed by atoms with Gasteiger partial charge in [-0.2, -0.15) is 8.42 Å². The van der Waals surface area contributed by atoms with Crippen molar-refractivity contribution in [1.29, 1.82) is 0 Å². The molecule has 1 rings (SSSR count). The Morgan fingerprint density at radius 3 is 2.44 bits per heavy atom. The van der Waals surface area contributed by atoms with Gasteiger partial charge in [-0.25, -0.2) is 9.59 Å². The van der Waals surface area contributed by atoms with Crippen molar-refractivity contribution in [2.45, 2.75) is 52.7 Å². The van der Waals surface area contributed by atoms with E-state index >= 15 is 0 Å². The van der Waals surface area contributed by atoms with E-state index in [-0.39, 0.29) is 31.2 Å². The van der Waals surface area contributed by atoms with E-state index in [1.807, 2.05) is 0 Å². The topological polar surface area (TPSA) is 125 Å². The molecule has 0 aromatic heterocycles. The Morgan fingerprint density at radius 1 is 1.24 bits per heavy atom. The van der Waals surface area contributed by atoms with Gasteiger partial charge in [0.05, 0.1) is 12.4 Å². The maximum atomic E-state index is 12.0. The largest absolute Gasteiger partial charge is 0.448 e. The Kier molecular flexibility index (Phi) is 7.36. The van der Waals surface area contributed by atoms with Crippen molar-refractivity contribution >= 4 is 28.0 Å². The highest BCUT2D eigenvalue weighted by atomic mass is 32.2. The summed E-state index contributed by atoms with van der Waals surface area (Å²) < 4.78 is 38.9. The molecule has 0 aromatic carbocycles. The van der Waals surface area contributed by atoms with E-state index in [1.54, 1.807) is 20.8 Å². The zero-order valence-corrected chi connectivity index (χ0v) is 15.7. The van der Waals surface area contributed by atoms with Crippen LogP contribution in [0.15, 0.2) is 0 Å². The van der Waals surface area contributed by atoms with Crippen LogP contribution in [-0.4, -0.2) is 57.4 Å². The molecular weight excluding hydrogens is 354 g/mol. The summed E-state index contributed by atoms with van der Waals surface area (Å²) in [6.45, 7) is 5.98. The summed E-state index contributed by atoms with van der Waals surface area (Å²) in [6.07, 6.45) is -1.67. The number of carbonyl (C=O) groups excluding carboxylic acids is 3. The molecule has 0 saturated carbocycles. The van der Waals surface area contributed by atoms with Crippen molar-refractivity contribution < 1.29 is 36.5 Å². The van der Waals surface area contributed by atoms with Crippen molar-refractivity contribution in [2.24, 2.45) is 5.41 Å². The predicted molar refractivity (Wildman–Crippen MR) is 86.9 cm³/mol. The van der Waals surface area contributed by atoms with Crippen LogP contribution in [0.2, 0.25) is 0 Å². The lowest BCUT2D eigenvalue weighted by Crippen LogP contribution is -2.51. The zero-order chi connectivity index (χ0) is 19.3. The smallest absolute Gasteiger partial charge is 0.348 e. The van der Waals surface area contributed by atoms with Crippen molar-refractivity contribution in [3.63, 3.8) is 0 Å². The summed E-state index contributed by atoms with van der Waals surface area (Å²) in [6, 6.07) is 0. The van der Waals surface area contributed by atoms with E-state index in [4.69, 9.17) is 13.7 Å². The predicted octanol–water partition coefficient (Wildman–Crippen LogP) is 0.132. The molecule has 1 aliphatic heterocycles. The zero-order valence-electron chi connectivity index (χ0n) is 14.9. The van der Waals surface area contributed by atoms with Crippen LogP contribution in [-0.2, 0) is 38.2 Å². The minimum Gasteiger partial charge on any atom is -0.448 e. The van der Waals surface area contributed by atoms with Crippen LogP contribution in [0, 0.1) is 5.41 Å².